The standard InChI is InChI=1S/C28H40N3.3BF4/c1-4-6-8-10-19-30-21-14-25(15-22-30)27-13-12-18-29(3)28(27)26-16-23-31(24-17-26)20-11-9-7-5-2;3*2-1(3,4)5/h12-18,21-24H,4-11,19-20H2,1-3H3;;;/q+3;3*-1. The monoisotopic (exact) mass is 679 g/mol. The predicted octanol–water partition coefficient (Wildman–Crippen LogP) is 9.48. The summed E-state index contributed by atoms with van der Waals surface area (Å²) in [6, 6.07) is 13.4. The van der Waals surface area contributed by atoms with E-state index in [9.17, 15) is 51.8 Å². The van der Waals surface area contributed by atoms with Crippen LogP contribution in [0.4, 0.5) is 51.8 Å². The Morgan fingerprint density at radius 3 is 1.17 bits per heavy atom. The van der Waals surface area contributed by atoms with Crippen LogP contribution in [0.15, 0.2) is 67.4 Å². The third kappa shape index (κ3) is 25.0. The highest BCUT2D eigenvalue weighted by Gasteiger charge is 2.22. The molecule has 0 atom stereocenters. The van der Waals surface area contributed by atoms with Crippen molar-refractivity contribution in [1.29, 1.82) is 0 Å². The van der Waals surface area contributed by atoms with Gasteiger partial charge in [0.2, 0.25) is 5.69 Å². The molecule has 0 N–H and O–H groups in total. The number of aryl methyl sites for hydroxylation is 3. The lowest BCUT2D eigenvalue weighted by atomic mass is 10.0. The van der Waals surface area contributed by atoms with Crippen LogP contribution in [0.5, 0.6) is 0 Å². The lowest BCUT2D eigenvalue weighted by Crippen LogP contribution is -2.34. The Balaban J connectivity index is 0.00000112. The molecule has 3 heterocycles. The highest BCUT2D eigenvalue weighted by Crippen LogP contribution is 2.28. The molecule has 3 aromatic heterocycles. The molecule has 0 unspecified atom stereocenters. The smallest absolute Gasteiger partial charge is 0.418 e. The zero-order valence-electron chi connectivity index (χ0n) is 26.0. The first kappa shape index (κ1) is 42.8. The maximum absolute atomic E-state index is 9.75. The second-order valence-electron chi connectivity index (χ2n) is 10.1. The Morgan fingerprint density at radius 1 is 0.478 bits per heavy atom. The molecular formula is C28H40B3F12N3. The molecule has 0 bridgehead atoms. The van der Waals surface area contributed by atoms with Crippen molar-refractivity contribution in [2.45, 2.75) is 78.3 Å². The number of halogens is 12. The van der Waals surface area contributed by atoms with Gasteiger partial charge in [-0.2, -0.15) is 0 Å². The zero-order chi connectivity index (χ0) is 35.4. The fourth-order valence-electron chi connectivity index (χ4n) is 4.20. The Labute approximate surface area is 262 Å². The third-order valence-corrected chi connectivity index (χ3v) is 6.09. The topological polar surface area (TPSA) is 11.6 Å². The van der Waals surface area contributed by atoms with E-state index in [4.69, 9.17) is 0 Å². The van der Waals surface area contributed by atoms with Crippen molar-refractivity contribution in [3.05, 3.63) is 67.4 Å². The first-order chi connectivity index (χ1) is 21.2. The molecule has 0 aliphatic carbocycles. The molecule has 18 heteroatoms. The summed E-state index contributed by atoms with van der Waals surface area (Å²) >= 11 is 0. The summed E-state index contributed by atoms with van der Waals surface area (Å²) in [7, 11) is -15.9. The molecule has 0 aliphatic heterocycles. The summed E-state index contributed by atoms with van der Waals surface area (Å²) in [5.41, 5.74) is 5.08. The zero-order valence-corrected chi connectivity index (χ0v) is 26.0. The van der Waals surface area contributed by atoms with Crippen LogP contribution in [0.3, 0.4) is 0 Å². The number of pyridine rings is 3. The number of hydrogen-bond acceptors (Lipinski definition) is 0. The summed E-state index contributed by atoms with van der Waals surface area (Å²) in [6.07, 6.45) is 21.4. The van der Waals surface area contributed by atoms with Crippen LogP contribution in [-0.2, 0) is 20.1 Å². The number of aromatic nitrogens is 3. The number of nitrogens with zero attached hydrogens (tertiary/aromatic N) is 3. The molecule has 0 aliphatic rings. The van der Waals surface area contributed by atoms with Crippen molar-refractivity contribution in [1.82, 2.24) is 0 Å². The maximum Gasteiger partial charge on any atom is 0.673 e. The molecule has 46 heavy (non-hydrogen) atoms. The lowest BCUT2D eigenvalue weighted by Gasteiger charge is -2.07. The summed E-state index contributed by atoms with van der Waals surface area (Å²) in [4.78, 5) is 0. The van der Waals surface area contributed by atoms with Gasteiger partial charge in [0.1, 0.15) is 20.1 Å². The van der Waals surface area contributed by atoms with Gasteiger partial charge in [-0.15, -0.1) is 0 Å². The summed E-state index contributed by atoms with van der Waals surface area (Å²) < 4.78 is 124. The van der Waals surface area contributed by atoms with E-state index in [1.165, 1.54) is 73.8 Å². The van der Waals surface area contributed by atoms with Crippen molar-refractivity contribution in [3.8, 4) is 22.4 Å². The lowest BCUT2D eigenvalue weighted by molar-refractivity contribution is -0.697. The van der Waals surface area contributed by atoms with Crippen molar-refractivity contribution in [2.75, 3.05) is 0 Å². The van der Waals surface area contributed by atoms with Crippen LogP contribution in [0.25, 0.3) is 22.4 Å². The molecule has 0 radical (unpaired) electrons. The van der Waals surface area contributed by atoms with E-state index in [0.29, 0.717) is 0 Å². The van der Waals surface area contributed by atoms with Crippen LogP contribution in [0, 0.1) is 0 Å². The number of hydrogen-bond donors (Lipinski definition) is 0. The van der Waals surface area contributed by atoms with E-state index in [1.807, 2.05) is 0 Å². The molecule has 0 aromatic carbocycles. The highest BCUT2D eigenvalue weighted by molar-refractivity contribution is 6.50. The molecule has 0 fully saturated rings. The van der Waals surface area contributed by atoms with Gasteiger partial charge in [0.25, 0.3) is 0 Å². The molecule has 0 spiro atoms. The van der Waals surface area contributed by atoms with E-state index < -0.39 is 21.8 Å². The van der Waals surface area contributed by atoms with Gasteiger partial charge in [-0.25, -0.2) is 13.7 Å². The summed E-state index contributed by atoms with van der Waals surface area (Å²) in [5.74, 6) is 0. The van der Waals surface area contributed by atoms with Crippen molar-refractivity contribution < 1.29 is 65.5 Å². The van der Waals surface area contributed by atoms with Crippen molar-refractivity contribution in [2.24, 2.45) is 7.05 Å². The molecule has 3 nitrogen and oxygen atoms in total. The average molecular weight is 679 g/mol. The van der Waals surface area contributed by atoms with Gasteiger partial charge >= 0.3 is 21.8 Å². The first-order valence-electron chi connectivity index (χ1n) is 14.8. The maximum atomic E-state index is 9.75. The Hall–Kier alpha value is -3.20. The summed E-state index contributed by atoms with van der Waals surface area (Å²) in [6.45, 7) is 6.73. The first-order valence-corrected chi connectivity index (χ1v) is 14.8. The van der Waals surface area contributed by atoms with E-state index in [2.05, 4.69) is 102 Å². The van der Waals surface area contributed by atoms with Gasteiger partial charge in [-0.1, -0.05) is 39.5 Å². The Bertz CT molecular complexity index is 1180. The van der Waals surface area contributed by atoms with E-state index in [-0.39, 0.29) is 0 Å². The van der Waals surface area contributed by atoms with Gasteiger partial charge in [0, 0.05) is 48.7 Å². The van der Waals surface area contributed by atoms with Gasteiger partial charge in [0.15, 0.2) is 31.0 Å². The van der Waals surface area contributed by atoms with Crippen LogP contribution < -0.4 is 13.7 Å². The van der Waals surface area contributed by atoms with Crippen molar-refractivity contribution in [3.63, 3.8) is 0 Å². The fourth-order valence-corrected chi connectivity index (χ4v) is 4.20. The molecular weight excluding hydrogens is 639 g/mol. The molecule has 0 saturated heterocycles. The molecule has 260 valence electrons. The molecule has 3 aromatic rings. The van der Waals surface area contributed by atoms with Crippen molar-refractivity contribution >= 4 is 21.8 Å². The Kier molecular flexibility index (Phi) is 20.1. The normalized spacial score (nSPS) is 11.4. The van der Waals surface area contributed by atoms with Crippen LogP contribution >= 0.6 is 0 Å². The second kappa shape index (κ2) is 21.6. The Morgan fingerprint density at radius 2 is 0.826 bits per heavy atom. The van der Waals surface area contributed by atoms with Gasteiger partial charge in [0.05, 0.1) is 11.1 Å². The quantitative estimate of drug-likeness (QED) is 0.0783. The van der Waals surface area contributed by atoms with Gasteiger partial charge in [-0.3, -0.25) is 0 Å². The molecule has 0 amide bonds. The van der Waals surface area contributed by atoms with Crippen LogP contribution in [0.1, 0.15) is 65.2 Å². The minimum Gasteiger partial charge on any atom is -0.418 e. The third-order valence-electron chi connectivity index (χ3n) is 6.09. The fraction of sp³-hybridized carbons (Fsp3) is 0.464. The van der Waals surface area contributed by atoms with Gasteiger partial charge < -0.3 is 51.8 Å². The van der Waals surface area contributed by atoms with E-state index >= 15 is 0 Å². The molecule has 0 saturated carbocycles. The molecule has 3 rings (SSSR count). The summed E-state index contributed by atoms with van der Waals surface area (Å²) in [5, 5.41) is 0. The average Bonchev–Trinajstić information content (AvgIpc) is 2.92. The van der Waals surface area contributed by atoms with E-state index in [0.717, 1.165) is 13.1 Å². The minimum absolute atomic E-state index is 1.10. The highest BCUT2D eigenvalue weighted by atomic mass is 19.5. The number of unbranched alkanes of at least 4 members (excludes halogenated alkanes) is 6. The van der Waals surface area contributed by atoms with Crippen LogP contribution in [0.2, 0.25) is 0 Å². The minimum atomic E-state index is -6.00. The van der Waals surface area contributed by atoms with Crippen LogP contribution in [-0.4, -0.2) is 21.8 Å². The largest absolute Gasteiger partial charge is 0.673 e. The number of rotatable bonds is 12. The van der Waals surface area contributed by atoms with E-state index in [1.54, 1.807) is 0 Å². The SMILES string of the molecule is CCCCCC[n+]1ccc(-c2ccc[n+](C)c2-c2cc[n+](CCCCCC)cc2)cc1.F[B-](F)(F)F.F[B-](F)(F)F.F[B-](F)(F)F. The predicted molar refractivity (Wildman–Crippen MR) is 158 cm³/mol. The van der Waals surface area contributed by atoms with Gasteiger partial charge in [-0.05, 0) is 18.9 Å². The second-order valence-corrected chi connectivity index (χ2v) is 10.1.